The largest absolute Gasteiger partial charge is 0.327 e. The fourth-order valence-electron chi connectivity index (χ4n) is 1.59. The van der Waals surface area contributed by atoms with Crippen molar-refractivity contribution in [1.29, 1.82) is 0 Å². The first-order chi connectivity index (χ1) is 8.02. The standard InChI is InChI=1S/C13H19ClN2O/c1-3-4-10(15)7-13(17)16-11-6-5-9(2)12(14)8-11/h5-6,8,10H,3-4,7,15H2,1-2H3,(H,16,17). The zero-order chi connectivity index (χ0) is 12.8. The molecule has 0 heterocycles. The van der Waals surface area contributed by atoms with E-state index in [1.165, 1.54) is 0 Å². The molecule has 1 rings (SSSR count). The van der Waals surface area contributed by atoms with Crippen LogP contribution < -0.4 is 11.1 Å². The Morgan fingerprint density at radius 3 is 2.82 bits per heavy atom. The number of nitrogens with two attached hydrogens (primary N) is 1. The van der Waals surface area contributed by atoms with Gasteiger partial charge in [0, 0.05) is 23.2 Å². The van der Waals surface area contributed by atoms with Crippen molar-refractivity contribution in [2.24, 2.45) is 5.73 Å². The third-order valence-corrected chi connectivity index (χ3v) is 2.97. The van der Waals surface area contributed by atoms with Gasteiger partial charge in [0.05, 0.1) is 0 Å². The van der Waals surface area contributed by atoms with Gasteiger partial charge in [0.15, 0.2) is 0 Å². The summed E-state index contributed by atoms with van der Waals surface area (Å²) < 4.78 is 0. The van der Waals surface area contributed by atoms with Crippen molar-refractivity contribution in [3.8, 4) is 0 Å². The van der Waals surface area contributed by atoms with Crippen molar-refractivity contribution in [3.05, 3.63) is 28.8 Å². The Balaban J connectivity index is 2.53. The van der Waals surface area contributed by atoms with Crippen LogP contribution in [-0.2, 0) is 4.79 Å². The van der Waals surface area contributed by atoms with Gasteiger partial charge >= 0.3 is 0 Å². The maximum Gasteiger partial charge on any atom is 0.225 e. The number of hydrogen-bond acceptors (Lipinski definition) is 2. The number of carbonyl (C=O) groups is 1. The maximum atomic E-state index is 11.7. The van der Waals surface area contributed by atoms with E-state index in [4.69, 9.17) is 17.3 Å². The molecule has 3 nitrogen and oxygen atoms in total. The molecule has 3 N–H and O–H groups in total. The summed E-state index contributed by atoms with van der Waals surface area (Å²) in [6.45, 7) is 3.97. The van der Waals surface area contributed by atoms with Crippen LogP contribution >= 0.6 is 11.6 Å². The highest BCUT2D eigenvalue weighted by Gasteiger charge is 2.09. The highest BCUT2D eigenvalue weighted by molar-refractivity contribution is 6.31. The monoisotopic (exact) mass is 254 g/mol. The summed E-state index contributed by atoms with van der Waals surface area (Å²) in [5, 5.41) is 3.45. The quantitative estimate of drug-likeness (QED) is 0.848. The molecule has 0 aromatic heterocycles. The van der Waals surface area contributed by atoms with Crippen LogP contribution in [0.3, 0.4) is 0 Å². The van der Waals surface area contributed by atoms with Crippen LogP contribution in [0, 0.1) is 6.92 Å². The molecule has 0 aliphatic heterocycles. The molecule has 1 unspecified atom stereocenters. The van der Waals surface area contributed by atoms with Crippen LogP contribution in [0.1, 0.15) is 31.7 Å². The van der Waals surface area contributed by atoms with Crippen molar-refractivity contribution in [3.63, 3.8) is 0 Å². The zero-order valence-electron chi connectivity index (χ0n) is 10.3. The van der Waals surface area contributed by atoms with Gasteiger partial charge in [-0.15, -0.1) is 0 Å². The van der Waals surface area contributed by atoms with E-state index in [-0.39, 0.29) is 11.9 Å². The van der Waals surface area contributed by atoms with E-state index in [0.29, 0.717) is 17.1 Å². The molecule has 1 aromatic carbocycles. The molecule has 0 radical (unpaired) electrons. The molecule has 1 amide bonds. The first-order valence-corrected chi connectivity index (χ1v) is 6.22. The van der Waals surface area contributed by atoms with Gasteiger partial charge < -0.3 is 11.1 Å². The highest BCUT2D eigenvalue weighted by atomic mass is 35.5. The molecule has 0 fully saturated rings. The Bertz CT molecular complexity index is 393. The number of carbonyl (C=O) groups excluding carboxylic acids is 1. The van der Waals surface area contributed by atoms with Crippen LogP contribution in [0.2, 0.25) is 5.02 Å². The van der Waals surface area contributed by atoms with Crippen molar-refractivity contribution < 1.29 is 4.79 Å². The smallest absolute Gasteiger partial charge is 0.225 e. The Morgan fingerprint density at radius 2 is 2.24 bits per heavy atom. The fourth-order valence-corrected chi connectivity index (χ4v) is 1.77. The third-order valence-electron chi connectivity index (χ3n) is 2.56. The molecule has 0 aliphatic rings. The molecule has 4 heteroatoms. The topological polar surface area (TPSA) is 55.1 Å². The Morgan fingerprint density at radius 1 is 1.53 bits per heavy atom. The van der Waals surface area contributed by atoms with E-state index < -0.39 is 0 Å². The molecule has 0 bridgehead atoms. The number of hydrogen-bond donors (Lipinski definition) is 2. The van der Waals surface area contributed by atoms with Gasteiger partial charge in [-0.25, -0.2) is 0 Å². The molecule has 0 aliphatic carbocycles. The molecule has 1 aromatic rings. The van der Waals surface area contributed by atoms with E-state index in [1.807, 2.05) is 19.1 Å². The van der Waals surface area contributed by atoms with Gasteiger partial charge in [-0.3, -0.25) is 4.79 Å². The van der Waals surface area contributed by atoms with E-state index in [9.17, 15) is 4.79 Å². The Hall–Kier alpha value is -1.06. The Kier molecular flexibility index (Phi) is 5.45. The van der Waals surface area contributed by atoms with E-state index in [0.717, 1.165) is 18.4 Å². The average Bonchev–Trinajstić information content (AvgIpc) is 2.23. The predicted molar refractivity (Wildman–Crippen MR) is 72.3 cm³/mol. The van der Waals surface area contributed by atoms with Crippen molar-refractivity contribution in [2.45, 2.75) is 39.2 Å². The molecule has 1 atom stereocenters. The second kappa shape index (κ2) is 6.62. The van der Waals surface area contributed by atoms with Crippen LogP contribution in [0.15, 0.2) is 18.2 Å². The van der Waals surface area contributed by atoms with Crippen LogP contribution in [0.4, 0.5) is 5.69 Å². The lowest BCUT2D eigenvalue weighted by Crippen LogP contribution is -2.26. The number of amides is 1. The van der Waals surface area contributed by atoms with Gasteiger partial charge in [-0.05, 0) is 31.0 Å². The second-order valence-electron chi connectivity index (χ2n) is 4.27. The van der Waals surface area contributed by atoms with E-state index in [1.54, 1.807) is 6.07 Å². The van der Waals surface area contributed by atoms with Crippen LogP contribution in [0.25, 0.3) is 0 Å². The van der Waals surface area contributed by atoms with Gasteiger partial charge in [-0.1, -0.05) is 31.0 Å². The van der Waals surface area contributed by atoms with E-state index >= 15 is 0 Å². The fraction of sp³-hybridized carbons (Fsp3) is 0.462. The van der Waals surface area contributed by atoms with Gasteiger partial charge in [-0.2, -0.15) is 0 Å². The summed E-state index contributed by atoms with van der Waals surface area (Å²) in [6, 6.07) is 5.40. The minimum absolute atomic E-state index is 0.0640. The number of benzene rings is 1. The first kappa shape index (κ1) is 14.0. The third kappa shape index (κ3) is 4.75. The average molecular weight is 255 g/mol. The molecule has 0 saturated carbocycles. The summed E-state index contributed by atoms with van der Waals surface area (Å²) >= 11 is 5.98. The first-order valence-electron chi connectivity index (χ1n) is 5.84. The van der Waals surface area contributed by atoms with Crippen molar-refractivity contribution in [2.75, 3.05) is 5.32 Å². The molecular formula is C13H19ClN2O. The van der Waals surface area contributed by atoms with Crippen LogP contribution in [0.5, 0.6) is 0 Å². The maximum absolute atomic E-state index is 11.7. The normalized spacial score (nSPS) is 12.2. The lowest BCUT2D eigenvalue weighted by Gasteiger charge is -2.11. The second-order valence-corrected chi connectivity index (χ2v) is 4.67. The summed E-state index contributed by atoms with van der Waals surface area (Å²) in [5.41, 5.74) is 7.52. The SMILES string of the molecule is CCCC(N)CC(=O)Nc1ccc(C)c(Cl)c1. The van der Waals surface area contributed by atoms with Gasteiger partial charge in [0.25, 0.3) is 0 Å². The van der Waals surface area contributed by atoms with Gasteiger partial charge in [0.1, 0.15) is 0 Å². The summed E-state index contributed by atoms with van der Waals surface area (Å²) in [5.74, 6) is -0.0640. The number of rotatable bonds is 5. The lowest BCUT2D eigenvalue weighted by molar-refractivity contribution is -0.116. The van der Waals surface area contributed by atoms with E-state index in [2.05, 4.69) is 12.2 Å². The molecule has 17 heavy (non-hydrogen) atoms. The zero-order valence-corrected chi connectivity index (χ0v) is 11.1. The minimum atomic E-state index is -0.0686. The number of nitrogens with one attached hydrogen (secondary N) is 1. The summed E-state index contributed by atoms with van der Waals surface area (Å²) in [7, 11) is 0. The number of halogens is 1. The molecular weight excluding hydrogens is 236 g/mol. The minimum Gasteiger partial charge on any atom is -0.327 e. The molecule has 0 saturated heterocycles. The summed E-state index contributed by atoms with van der Waals surface area (Å²) in [4.78, 5) is 11.7. The lowest BCUT2D eigenvalue weighted by atomic mass is 10.1. The Labute approximate surface area is 107 Å². The van der Waals surface area contributed by atoms with Crippen molar-refractivity contribution >= 4 is 23.2 Å². The van der Waals surface area contributed by atoms with Crippen molar-refractivity contribution in [1.82, 2.24) is 0 Å². The van der Waals surface area contributed by atoms with Crippen LogP contribution in [-0.4, -0.2) is 11.9 Å². The highest BCUT2D eigenvalue weighted by Crippen LogP contribution is 2.20. The number of aryl methyl sites for hydroxylation is 1. The number of anilines is 1. The van der Waals surface area contributed by atoms with Gasteiger partial charge in [0.2, 0.25) is 5.91 Å². The summed E-state index contributed by atoms with van der Waals surface area (Å²) in [6.07, 6.45) is 2.20. The molecule has 0 spiro atoms. The predicted octanol–water partition coefficient (Wildman–Crippen LogP) is 3.10. The molecule has 94 valence electrons.